The molecular formula is C20H22F2N4O3. The third-order valence-electron chi connectivity index (χ3n) is 5.50. The van der Waals surface area contributed by atoms with E-state index in [1.807, 2.05) is 4.90 Å². The second kappa shape index (κ2) is 7.55. The van der Waals surface area contributed by atoms with Crippen LogP contribution in [0, 0.1) is 11.6 Å². The molecule has 0 spiro atoms. The summed E-state index contributed by atoms with van der Waals surface area (Å²) in [5, 5.41) is 0. The van der Waals surface area contributed by atoms with Crippen molar-refractivity contribution in [2.24, 2.45) is 7.05 Å². The van der Waals surface area contributed by atoms with Gasteiger partial charge in [0.05, 0.1) is 25.3 Å². The Morgan fingerprint density at radius 2 is 2.00 bits per heavy atom. The van der Waals surface area contributed by atoms with Gasteiger partial charge in [-0.2, -0.15) is 0 Å². The van der Waals surface area contributed by atoms with E-state index >= 15 is 0 Å². The van der Waals surface area contributed by atoms with Gasteiger partial charge in [0.15, 0.2) is 11.6 Å². The summed E-state index contributed by atoms with van der Waals surface area (Å²) in [5.41, 5.74) is 0.317. The Hall–Kier alpha value is -2.81. The highest BCUT2D eigenvalue weighted by Crippen LogP contribution is 2.35. The fourth-order valence-electron chi connectivity index (χ4n) is 3.91. The maximum absolute atomic E-state index is 14.1. The molecule has 4 rings (SSSR count). The second-order valence-electron chi connectivity index (χ2n) is 7.38. The minimum absolute atomic E-state index is 0.118. The number of nitrogens with zero attached hydrogens (tertiary/aromatic N) is 4. The van der Waals surface area contributed by atoms with Gasteiger partial charge in [0.25, 0.3) is 5.56 Å². The molecule has 0 N–H and O–H groups in total. The van der Waals surface area contributed by atoms with E-state index in [1.165, 1.54) is 21.6 Å². The Bertz CT molecular complexity index is 1020. The predicted molar refractivity (Wildman–Crippen MR) is 103 cm³/mol. The standard InChI is InChI=1S/C20H22F2N4O3/c1-12-9-13-15(4-3-14(21)20(13)22)26(12)19(28)10-16-23-17(11-18(27)24(16)2)25-5-7-29-8-6-25/h3-4,11-12H,5-10H2,1-2H3/t12-/m1/s1. The molecule has 2 aliphatic heterocycles. The van der Waals surface area contributed by atoms with E-state index in [1.54, 1.807) is 14.0 Å². The van der Waals surface area contributed by atoms with E-state index in [-0.39, 0.29) is 35.9 Å². The van der Waals surface area contributed by atoms with Crippen molar-refractivity contribution in [3.8, 4) is 0 Å². The smallest absolute Gasteiger partial charge is 0.255 e. The molecule has 29 heavy (non-hydrogen) atoms. The van der Waals surface area contributed by atoms with E-state index < -0.39 is 11.6 Å². The van der Waals surface area contributed by atoms with Crippen molar-refractivity contribution in [2.75, 3.05) is 36.1 Å². The molecule has 0 aliphatic carbocycles. The zero-order chi connectivity index (χ0) is 20.7. The first-order valence-electron chi connectivity index (χ1n) is 9.55. The number of morpholine rings is 1. The minimum Gasteiger partial charge on any atom is -0.378 e. The van der Waals surface area contributed by atoms with Gasteiger partial charge in [0.2, 0.25) is 5.91 Å². The van der Waals surface area contributed by atoms with Crippen LogP contribution in [0.4, 0.5) is 20.3 Å². The van der Waals surface area contributed by atoms with Crippen LogP contribution >= 0.6 is 0 Å². The number of anilines is 2. The minimum atomic E-state index is -0.924. The topological polar surface area (TPSA) is 67.7 Å². The van der Waals surface area contributed by atoms with Crippen molar-refractivity contribution < 1.29 is 18.3 Å². The summed E-state index contributed by atoms with van der Waals surface area (Å²) in [4.78, 5) is 33.4. The summed E-state index contributed by atoms with van der Waals surface area (Å²) >= 11 is 0. The molecule has 0 saturated carbocycles. The van der Waals surface area contributed by atoms with Crippen molar-refractivity contribution >= 4 is 17.4 Å². The van der Waals surface area contributed by atoms with Gasteiger partial charge in [0.1, 0.15) is 11.6 Å². The van der Waals surface area contributed by atoms with Crippen molar-refractivity contribution in [3.05, 3.63) is 51.6 Å². The average Bonchev–Trinajstić information content (AvgIpc) is 3.05. The molecule has 1 amide bonds. The van der Waals surface area contributed by atoms with Crippen LogP contribution in [-0.4, -0.2) is 47.8 Å². The van der Waals surface area contributed by atoms with Crippen LogP contribution in [0.25, 0.3) is 0 Å². The van der Waals surface area contributed by atoms with E-state index in [9.17, 15) is 18.4 Å². The van der Waals surface area contributed by atoms with Crippen molar-refractivity contribution in [2.45, 2.75) is 25.8 Å². The molecule has 2 aromatic rings. The molecule has 1 atom stereocenters. The zero-order valence-corrected chi connectivity index (χ0v) is 16.3. The number of hydrogen-bond acceptors (Lipinski definition) is 5. The first-order chi connectivity index (χ1) is 13.9. The molecule has 0 unspecified atom stereocenters. The van der Waals surface area contributed by atoms with Crippen LogP contribution < -0.4 is 15.4 Å². The van der Waals surface area contributed by atoms with Crippen molar-refractivity contribution in [1.82, 2.24) is 9.55 Å². The lowest BCUT2D eigenvalue weighted by atomic mass is 10.1. The van der Waals surface area contributed by atoms with Crippen LogP contribution in [0.5, 0.6) is 0 Å². The summed E-state index contributed by atoms with van der Waals surface area (Å²) < 4.78 is 34.4. The number of rotatable bonds is 3. The largest absolute Gasteiger partial charge is 0.378 e. The van der Waals surface area contributed by atoms with E-state index in [2.05, 4.69) is 4.98 Å². The van der Waals surface area contributed by atoms with Crippen LogP contribution in [0.2, 0.25) is 0 Å². The van der Waals surface area contributed by atoms with Crippen LogP contribution in [0.3, 0.4) is 0 Å². The molecule has 1 aromatic heterocycles. The quantitative estimate of drug-likeness (QED) is 0.774. The number of aromatic nitrogens is 2. The van der Waals surface area contributed by atoms with E-state index in [4.69, 9.17) is 4.74 Å². The van der Waals surface area contributed by atoms with Gasteiger partial charge in [-0.25, -0.2) is 13.8 Å². The van der Waals surface area contributed by atoms with E-state index in [0.717, 1.165) is 6.07 Å². The van der Waals surface area contributed by atoms with Gasteiger partial charge < -0.3 is 14.5 Å². The third kappa shape index (κ3) is 3.50. The Labute approximate surface area is 166 Å². The SMILES string of the molecule is C[C@@H]1Cc2c(ccc(F)c2F)N1C(=O)Cc1nc(N2CCOCC2)cc(=O)n1C. The Morgan fingerprint density at radius 3 is 2.72 bits per heavy atom. The maximum atomic E-state index is 14.1. The summed E-state index contributed by atoms with van der Waals surface area (Å²) in [6, 6.07) is 3.59. The van der Waals surface area contributed by atoms with Gasteiger partial charge in [-0.15, -0.1) is 0 Å². The number of ether oxygens (including phenoxy) is 1. The zero-order valence-electron chi connectivity index (χ0n) is 16.3. The second-order valence-corrected chi connectivity index (χ2v) is 7.38. The molecule has 7 nitrogen and oxygen atoms in total. The fourth-order valence-corrected chi connectivity index (χ4v) is 3.91. The summed E-state index contributed by atoms with van der Waals surface area (Å²) in [5.74, 6) is -1.31. The van der Waals surface area contributed by atoms with Crippen LogP contribution in [-0.2, 0) is 29.4 Å². The van der Waals surface area contributed by atoms with E-state index in [0.29, 0.717) is 43.6 Å². The first-order valence-corrected chi connectivity index (χ1v) is 9.55. The fraction of sp³-hybridized carbons (Fsp3) is 0.450. The Kier molecular flexibility index (Phi) is 5.08. The first kappa shape index (κ1) is 19.5. The lowest BCUT2D eigenvalue weighted by Gasteiger charge is -2.28. The number of hydrogen-bond donors (Lipinski definition) is 0. The molecule has 2 aliphatic rings. The molecule has 1 saturated heterocycles. The van der Waals surface area contributed by atoms with Gasteiger partial charge in [-0.3, -0.25) is 14.2 Å². The predicted octanol–water partition coefficient (Wildman–Crippen LogP) is 1.42. The van der Waals surface area contributed by atoms with Crippen LogP contribution in [0.1, 0.15) is 18.3 Å². The average molecular weight is 404 g/mol. The molecule has 1 aromatic carbocycles. The number of carbonyl (C=O) groups is 1. The molecule has 3 heterocycles. The van der Waals surface area contributed by atoms with Gasteiger partial charge >= 0.3 is 0 Å². The highest BCUT2D eigenvalue weighted by Gasteiger charge is 2.34. The maximum Gasteiger partial charge on any atom is 0.255 e. The Morgan fingerprint density at radius 1 is 1.28 bits per heavy atom. The normalized spacial score (nSPS) is 18.8. The Balaban J connectivity index is 1.63. The monoisotopic (exact) mass is 404 g/mol. The molecule has 154 valence electrons. The van der Waals surface area contributed by atoms with Gasteiger partial charge in [-0.05, 0) is 25.5 Å². The van der Waals surface area contributed by atoms with Gasteiger partial charge in [-0.1, -0.05) is 0 Å². The summed E-state index contributed by atoms with van der Waals surface area (Å²) in [6.45, 7) is 4.13. The van der Waals surface area contributed by atoms with Crippen LogP contribution in [0.15, 0.2) is 23.0 Å². The molecular weight excluding hydrogens is 382 g/mol. The lowest BCUT2D eigenvalue weighted by Crippen LogP contribution is -2.40. The third-order valence-corrected chi connectivity index (χ3v) is 5.50. The number of fused-ring (bicyclic) bond motifs is 1. The lowest BCUT2D eigenvalue weighted by molar-refractivity contribution is -0.118. The molecule has 9 heteroatoms. The van der Waals surface area contributed by atoms with Crippen molar-refractivity contribution in [1.29, 1.82) is 0 Å². The number of benzene rings is 1. The summed E-state index contributed by atoms with van der Waals surface area (Å²) in [7, 11) is 1.57. The molecule has 0 bridgehead atoms. The molecule has 1 fully saturated rings. The van der Waals surface area contributed by atoms with Crippen molar-refractivity contribution in [3.63, 3.8) is 0 Å². The number of amides is 1. The highest BCUT2D eigenvalue weighted by atomic mass is 19.2. The molecule has 0 radical (unpaired) electrons. The number of halogens is 2. The van der Waals surface area contributed by atoms with Gasteiger partial charge in [0, 0.05) is 37.8 Å². The number of carbonyl (C=O) groups excluding carboxylic acids is 1. The summed E-state index contributed by atoms with van der Waals surface area (Å²) in [6.07, 6.45) is 0.123. The highest BCUT2D eigenvalue weighted by molar-refractivity contribution is 5.97.